The average Bonchev–Trinajstić information content (AvgIpc) is 2.51. The third kappa shape index (κ3) is 4.74. The summed E-state index contributed by atoms with van der Waals surface area (Å²) in [4.78, 5) is 11.9. The van der Waals surface area contributed by atoms with Crippen molar-refractivity contribution in [3.8, 4) is 5.75 Å². The van der Waals surface area contributed by atoms with Crippen LogP contribution in [0, 0.1) is 27.7 Å². The second-order valence-electron chi connectivity index (χ2n) is 5.73. The first kappa shape index (κ1) is 16.9. The number of urea groups is 1. The zero-order chi connectivity index (χ0) is 16.8. The predicted molar refractivity (Wildman–Crippen MR) is 94.3 cm³/mol. The highest BCUT2D eigenvalue weighted by Gasteiger charge is 2.04. The van der Waals surface area contributed by atoms with E-state index in [1.807, 2.05) is 51.1 Å². The molecule has 2 rings (SSSR count). The van der Waals surface area contributed by atoms with Crippen molar-refractivity contribution in [3.63, 3.8) is 0 Å². The Hall–Kier alpha value is -2.49. The van der Waals surface area contributed by atoms with Crippen LogP contribution >= 0.6 is 0 Å². The van der Waals surface area contributed by atoms with Crippen molar-refractivity contribution in [2.45, 2.75) is 27.7 Å². The number of anilines is 1. The molecule has 0 saturated heterocycles. The maximum atomic E-state index is 11.9. The summed E-state index contributed by atoms with van der Waals surface area (Å²) in [7, 11) is 0. The van der Waals surface area contributed by atoms with Crippen LogP contribution in [0.4, 0.5) is 10.5 Å². The average molecular weight is 312 g/mol. The van der Waals surface area contributed by atoms with Crippen molar-refractivity contribution in [1.82, 2.24) is 5.32 Å². The number of ether oxygens (including phenoxy) is 1. The Morgan fingerprint density at radius 2 is 1.78 bits per heavy atom. The Kier molecular flexibility index (Phi) is 5.63. The van der Waals surface area contributed by atoms with E-state index in [1.165, 1.54) is 11.1 Å². The first-order valence-electron chi connectivity index (χ1n) is 7.78. The molecule has 0 spiro atoms. The minimum Gasteiger partial charge on any atom is -0.491 e. The summed E-state index contributed by atoms with van der Waals surface area (Å²) < 4.78 is 5.71. The van der Waals surface area contributed by atoms with Crippen LogP contribution in [0.3, 0.4) is 0 Å². The highest BCUT2D eigenvalue weighted by molar-refractivity contribution is 5.89. The summed E-state index contributed by atoms with van der Waals surface area (Å²) in [5.41, 5.74) is 5.48. The molecule has 0 aliphatic rings. The molecule has 2 aromatic carbocycles. The van der Waals surface area contributed by atoms with Gasteiger partial charge in [-0.15, -0.1) is 0 Å². The van der Waals surface area contributed by atoms with Crippen LogP contribution in [0.1, 0.15) is 22.3 Å². The molecule has 0 saturated carbocycles. The lowest BCUT2D eigenvalue weighted by molar-refractivity contribution is 0.247. The maximum absolute atomic E-state index is 11.9. The molecular formula is C19H24N2O2. The molecule has 0 bridgehead atoms. The molecule has 2 aromatic rings. The lowest BCUT2D eigenvalue weighted by Gasteiger charge is -2.12. The number of carbonyl (C=O) groups excluding carboxylic acids is 1. The Labute approximate surface area is 137 Å². The van der Waals surface area contributed by atoms with E-state index in [-0.39, 0.29) is 6.03 Å². The molecule has 0 fully saturated rings. The van der Waals surface area contributed by atoms with E-state index >= 15 is 0 Å². The lowest BCUT2D eigenvalue weighted by atomic mass is 10.1. The Balaban J connectivity index is 1.76. The molecule has 122 valence electrons. The molecule has 0 aliphatic heterocycles. The summed E-state index contributed by atoms with van der Waals surface area (Å²) in [6.07, 6.45) is 0. The van der Waals surface area contributed by atoms with Gasteiger partial charge in [-0.05, 0) is 68.1 Å². The van der Waals surface area contributed by atoms with Gasteiger partial charge in [0, 0.05) is 5.69 Å². The van der Waals surface area contributed by atoms with E-state index in [0.717, 1.165) is 22.6 Å². The smallest absolute Gasteiger partial charge is 0.319 e. The highest BCUT2D eigenvalue weighted by Crippen LogP contribution is 2.20. The largest absolute Gasteiger partial charge is 0.491 e. The third-order valence-corrected chi connectivity index (χ3v) is 3.96. The molecule has 4 heteroatoms. The molecule has 2 amide bonds. The summed E-state index contributed by atoms with van der Waals surface area (Å²) in [5, 5.41) is 5.62. The summed E-state index contributed by atoms with van der Waals surface area (Å²) in [5.74, 6) is 0.862. The maximum Gasteiger partial charge on any atom is 0.319 e. The van der Waals surface area contributed by atoms with Crippen molar-refractivity contribution in [2.75, 3.05) is 18.5 Å². The van der Waals surface area contributed by atoms with Crippen LogP contribution in [0.15, 0.2) is 36.4 Å². The van der Waals surface area contributed by atoms with Gasteiger partial charge in [-0.3, -0.25) is 0 Å². The van der Waals surface area contributed by atoms with Crippen LogP contribution in [-0.2, 0) is 0 Å². The predicted octanol–water partition coefficient (Wildman–Crippen LogP) is 4.12. The Morgan fingerprint density at radius 3 is 2.52 bits per heavy atom. The van der Waals surface area contributed by atoms with Crippen LogP contribution in [0.5, 0.6) is 5.75 Å². The first-order valence-corrected chi connectivity index (χ1v) is 7.78. The van der Waals surface area contributed by atoms with Crippen molar-refractivity contribution in [3.05, 3.63) is 58.7 Å². The number of hydrogen-bond acceptors (Lipinski definition) is 2. The first-order chi connectivity index (χ1) is 11.0. The molecule has 0 atom stereocenters. The van der Waals surface area contributed by atoms with Crippen molar-refractivity contribution < 1.29 is 9.53 Å². The topological polar surface area (TPSA) is 50.4 Å². The lowest BCUT2D eigenvalue weighted by Crippen LogP contribution is -2.32. The highest BCUT2D eigenvalue weighted by atomic mass is 16.5. The quantitative estimate of drug-likeness (QED) is 0.816. The van der Waals surface area contributed by atoms with Gasteiger partial charge >= 0.3 is 6.03 Å². The number of benzene rings is 2. The monoisotopic (exact) mass is 312 g/mol. The van der Waals surface area contributed by atoms with E-state index in [4.69, 9.17) is 4.74 Å². The van der Waals surface area contributed by atoms with Crippen molar-refractivity contribution >= 4 is 11.7 Å². The molecule has 2 N–H and O–H groups in total. The van der Waals surface area contributed by atoms with E-state index in [9.17, 15) is 4.79 Å². The number of rotatable bonds is 5. The molecule has 0 heterocycles. The number of amides is 2. The van der Waals surface area contributed by atoms with Crippen LogP contribution in [0.25, 0.3) is 0 Å². The number of hydrogen-bond donors (Lipinski definition) is 2. The van der Waals surface area contributed by atoms with Gasteiger partial charge in [-0.1, -0.05) is 18.2 Å². The fraction of sp³-hybridized carbons (Fsp3) is 0.316. The molecule has 4 nitrogen and oxygen atoms in total. The van der Waals surface area contributed by atoms with Gasteiger partial charge in [0.25, 0.3) is 0 Å². The van der Waals surface area contributed by atoms with E-state index in [0.29, 0.717) is 13.2 Å². The van der Waals surface area contributed by atoms with E-state index < -0.39 is 0 Å². The minimum atomic E-state index is -0.224. The molecule has 0 radical (unpaired) electrons. The van der Waals surface area contributed by atoms with E-state index in [2.05, 4.69) is 23.6 Å². The zero-order valence-electron chi connectivity index (χ0n) is 14.2. The number of aryl methyl sites for hydroxylation is 3. The normalized spacial score (nSPS) is 10.3. The van der Waals surface area contributed by atoms with Gasteiger partial charge in [0.15, 0.2) is 0 Å². The molecule has 0 aromatic heterocycles. The van der Waals surface area contributed by atoms with Gasteiger partial charge in [0.05, 0.1) is 6.54 Å². The Morgan fingerprint density at radius 1 is 1.00 bits per heavy atom. The van der Waals surface area contributed by atoms with Gasteiger partial charge in [0.2, 0.25) is 0 Å². The molecule has 23 heavy (non-hydrogen) atoms. The second-order valence-corrected chi connectivity index (χ2v) is 5.73. The Bertz CT molecular complexity index is 696. The third-order valence-electron chi connectivity index (χ3n) is 3.96. The van der Waals surface area contributed by atoms with Crippen molar-refractivity contribution in [2.24, 2.45) is 0 Å². The molecule has 0 aliphatic carbocycles. The van der Waals surface area contributed by atoms with Crippen molar-refractivity contribution in [1.29, 1.82) is 0 Å². The van der Waals surface area contributed by atoms with Gasteiger partial charge in [-0.25, -0.2) is 4.79 Å². The molecular weight excluding hydrogens is 288 g/mol. The zero-order valence-corrected chi connectivity index (χ0v) is 14.2. The van der Waals surface area contributed by atoms with Crippen LogP contribution < -0.4 is 15.4 Å². The van der Waals surface area contributed by atoms with Gasteiger partial charge in [0.1, 0.15) is 12.4 Å². The summed E-state index contributed by atoms with van der Waals surface area (Å²) in [6.45, 7) is 9.04. The SMILES string of the molecule is Cc1ccc(NC(=O)NCCOc2cccc(C)c2C)cc1C. The van der Waals surface area contributed by atoms with Gasteiger partial charge < -0.3 is 15.4 Å². The second kappa shape index (κ2) is 7.68. The number of nitrogens with one attached hydrogen (secondary N) is 2. The minimum absolute atomic E-state index is 0.224. The van der Waals surface area contributed by atoms with Crippen LogP contribution in [0.2, 0.25) is 0 Å². The standard InChI is InChI=1S/C19H24N2O2/c1-13-8-9-17(12-15(13)3)21-19(22)20-10-11-23-18-7-5-6-14(2)16(18)4/h5-9,12H,10-11H2,1-4H3,(H2,20,21,22). The summed E-state index contributed by atoms with van der Waals surface area (Å²) >= 11 is 0. The fourth-order valence-electron chi connectivity index (χ4n) is 2.20. The molecule has 0 unspecified atom stereocenters. The van der Waals surface area contributed by atoms with E-state index in [1.54, 1.807) is 0 Å². The van der Waals surface area contributed by atoms with Gasteiger partial charge in [-0.2, -0.15) is 0 Å². The number of carbonyl (C=O) groups is 1. The van der Waals surface area contributed by atoms with Crippen LogP contribution in [-0.4, -0.2) is 19.2 Å². The fourth-order valence-corrected chi connectivity index (χ4v) is 2.20. The summed E-state index contributed by atoms with van der Waals surface area (Å²) in [6, 6.07) is 11.6.